The van der Waals surface area contributed by atoms with Crippen molar-refractivity contribution >= 4 is 5.69 Å². The summed E-state index contributed by atoms with van der Waals surface area (Å²) in [5.74, 6) is 0. The molecule has 0 radical (unpaired) electrons. The van der Waals surface area contributed by atoms with Crippen molar-refractivity contribution in [2.45, 2.75) is 26.7 Å². The first-order valence-electron chi connectivity index (χ1n) is 6.38. The molecule has 0 atom stereocenters. The van der Waals surface area contributed by atoms with Crippen molar-refractivity contribution in [3.05, 3.63) is 30.3 Å². The molecule has 0 unspecified atom stereocenters. The molecule has 1 aromatic carbocycles. The maximum atomic E-state index is 3.44. The van der Waals surface area contributed by atoms with Gasteiger partial charge in [0.2, 0.25) is 0 Å². The van der Waals surface area contributed by atoms with Crippen molar-refractivity contribution in [2.75, 3.05) is 31.5 Å². The number of unbranched alkanes of at least 4 members (excludes halogenated alkanes) is 1. The molecule has 0 aliphatic rings. The zero-order chi connectivity index (χ0) is 11.6. The summed E-state index contributed by atoms with van der Waals surface area (Å²) in [5.41, 5.74) is 1.22. The monoisotopic (exact) mass is 220 g/mol. The highest BCUT2D eigenvalue weighted by molar-refractivity contribution is 5.42. The van der Waals surface area contributed by atoms with E-state index in [9.17, 15) is 0 Å². The molecule has 1 aromatic rings. The van der Waals surface area contributed by atoms with E-state index >= 15 is 0 Å². The van der Waals surface area contributed by atoms with E-state index in [1.807, 2.05) is 6.07 Å². The van der Waals surface area contributed by atoms with E-state index in [0.29, 0.717) is 0 Å². The molecule has 90 valence electrons. The lowest BCUT2D eigenvalue weighted by atomic mass is 10.3. The van der Waals surface area contributed by atoms with Crippen molar-refractivity contribution in [2.24, 2.45) is 0 Å². The summed E-state index contributed by atoms with van der Waals surface area (Å²) in [5, 5.41) is 3.44. The van der Waals surface area contributed by atoms with Gasteiger partial charge in [0.1, 0.15) is 0 Å². The summed E-state index contributed by atoms with van der Waals surface area (Å²) >= 11 is 0. The van der Waals surface area contributed by atoms with E-state index in [1.54, 1.807) is 0 Å². The molecule has 0 fully saturated rings. The predicted octanol–water partition coefficient (Wildman–Crippen LogP) is 3.22. The van der Waals surface area contributed by atoms with Crippen molar-refractivity contribution in [3.63, 3.8) is 0 Å². The number of nitrogens with zero attached hydrogens (tertiary/aromatic N) is 1. The third-order valence-electron chi connectivity index (χ3n) is 2.81. The Morgan fingerprint density at radius 2 is 1.81 bits per heavy atom. The number of hydrogen-bond donors (Lipinski definition) is 1. The van der Waals surface area contributed by atoms with Crippen molar-refractivity contribution in [1.82, 2.24) is 4.90 Å². The minimum absolute atomic E-state index is 1.03. The minimum Gasteiger partial charge on any atom is -0.384 e. The number of rotatable bonds is 8. The van der Waals surface area contributed by atoms with Gasteiger partial charge in [-0.1, -0.05) is 38.5 Å². The number of nitrogens with one attached hydrogen (secondary N) is 1. The maximum absolute atomic E-state index is 3.44. The smallest absolute Gasteiger partial charge is 0.0340 e. The van der Waals surface area contributed by atoms with E-state index in [-0.39, 0.29) is 0 Å². The second kappa shape index (κ2) is 8.17. The van der Waals surface area contributed by atoms with E-state index < -0.39 is 0 Å². The van der Waals surface area contributed by atoms with Crippen LogP contribution in [-0.4, -0.2) is 31.1 Å². The van der Waals surface area contributed by atoms with Crippen molar-refractivity contribution < 1.29 is 0 Å². The van der Waals surface area contributed by atoms with E-state index in [2.05, 4.69) is 48.3 Å². The Morgan fingerprint density at radius 1 is 1.06 bits per heavy atom. The van der Waals surface area contributed by atoms with Crippen LogP contribution in [0.15, 0.2) is 30.3 Å². The molecule has 0 aliphatic heterocycles. The van der Waals surface area contributed by atoms with Gasteiger partial charge in [-0.25, -0.2) is 0 Å². The highest BCUT2D eigenvalue weighted by Gasteiger charge is 2.00. The van der Waals surface area contributed by atoms with Crippen LogP contribution in [0.25, 0.3) is 0 Å². The predicted molar refractivity (Wildman–Crippen MR) is 72.0 cm³/mol. The fraction of sp³-hybridized carbons (Fsp3) is 0.571. The first-order chi connectivity index (χ1) is 7.86. The molecule has 1 N–H and O–H groups in total. The van der Waals surface area contributed by atoms with Gasteiger partial charge in [-0.2, -0.15) is 0 Å². The molecule has 0 saturated heterocycles. The molecule has 2 nitrogen and oxygen atoms in total. The SMILES string of the molecule is CCCCN(CC)CCNc1ccccc1. The fourth-order valence-corrected chi connectivity index (χ4v) is 1.72. The number of hydrogen-bond acceptors (Lipinski definition) is 2. The Morgan fingerprint density at radius 3 is 2.44 bits per heavy atom. The zero-order valence-electron chi connectivity index (χ0n) is 10.6. The van der Waals surface area contributed by atoms with Gasteiger partial charge < -0.3 is 10.2 Å². The normalized spacial score (nSPS) is 10.7. The Labute approximate surface area is 99.7 Å². The molecule has 0 saturated carbocycles. The van der Waals surface area contributed by atoms with Gasteiger partial charge in [-0.3, -0.25) is 0 Å². The van der Waals surface area contributed by atoms with Crippen LogP contribution in [0.3, 0.4) is 0 Å². The quantitative estimate of drug-likeness (QED) is 0.723. The van der Waals surface area contributed by atoms with Crippen LogP contribution in [0.2, 0.25) is 0 Å². The van der Waals surface area contributed by atoms with Crippen LogP contribution in [-0.2, 0) is 0 Å². The third-order valence-corrected chi connectivity index (χ3v) is 2.81. The standard InChI is InChI=1S/C14H24N2/c1-3-5-12-16(4-2)13-11-15-14-9-7-6-8-10-14/h6-10,15H,3-5,11-13H2,1-2H3. The molecule has 0 aromatic heterocycles. The number of likely N-dealkylation sites (N-methyl/N-ethyl adjacent to an activating group) is 1. The Bertz CT molecular complexity index is 259. The first kappa shape index (κ1) is 13.0. The summed E-state index contributed by atoms with van der Waals surface area (Å²) in [4.78, 5) is 2.50. The fourth-order valence-electron chi connectivity index (χ4n) is 1.72. The Hall–Kier alpha value is -1.02. The second-order valence-corrected chi connectivity index (χ2v) is 4.08. The van der Waals surface area contributed by atoms with Crippen LogP contribution < -0.4 is 5.32 Å². The summed E-state index contributed by atoms with van der Waals surface area (Å²) < 4.78 is 0. The van der Waals surface area contributed by atoms with Crippen LogP contribution in [0.1, 0.15) is 26.7 Å². The van der Waals surface area contributed by atoms with Crippen LogP contribution in [0.5, 0.6) is 0 Å². The third kappa shape index (κ3) is 5.17. The lowest BCUT2D eigenvalue weighted by Gasteiger charge is -2.20. The molecule has 0 bridgehead atoms. The highest BCUT2D eigenvalue weighted by Crippen LogP contribution is 2.04. The molecule has 0 aliphatic carbocycles. The first-order valence-corrected chi connectivity index (χ1v) is 6.38. The topological polar surface area (TPSA) is 15.3 Å². The molecule has 0 amide bonds. The van der Waals surface area contributed by atoms with E-state index in [1.165, 1.54) is 25.1 Å². The van der Waals surface area contributed by atoms with Gasteiger partial charge >= 0.3 is 0 Å². The van der Waals surface area contributed by atoms with Gasteiger partial charge in [-0.05, 0) is 31.6 Å². The lowest BCUT2D eigenvalue weighted by Crippen LogP contribution is -2.29. The highest BCUT2D eigenvalue weighted by atomic mass is 15.1. The average molecular weight is 220 g/mol. The summed E-state index contributed by atoms with van der Waals surface area (Å²) in [7, 11) is 0. The molecular weight excluding hydrogens is 196 g/mol. The Balaban J connectivity index is 2.18. The largest absolute Gasteiger partial charge is 0.384 e. The van der Waals surface area contributed by atoms with Gasteiger partial charge in [-0.15, -0.1) is 0 Å². The van der Waals surface area contributed by atoms with Crippen molar-refractivity contribution in [3.8, 4) is 0 Å². The van der Waals surface area contributed by atoms with Gasteiger partial charge in [0.25, 0.3) is 0 Å². The lowest BCUT2D eigenvalue weighted by molar-refractivity contribution is 0.294. The zero-order valence-corrected chi connectivity index (χ0v) is 10.6. The molecule has 1 rings (SSSR count). The van der Waals surface area contributed by atoms with Gasteiger partial charge in [0.15, 0.2) is 0 Å². The second-order valence-electron chi connectivity index (χ2n) is 4.08. The molecule has 0 spiro atoms. The molecule has 16 heavy (non-hydrogen) atoms. The summed E-state index contributed by atoms with van der Waals surface area (Å²) in [6, 6.07) is 10.4. The minimum atomic E-state index is 1.03. The number of benzene rings is 1. The van der Waals surface area contributed by atoms with Crippen LogP contribution in [0.4, 0.5) is 5.69 Å². The van der Waals surface area contributed by atoms with E-state index in [4.69, 9.17) is 0 Å². The summed E-state index contributed by atoms with van der Waals surface area (Å²) in [6.07, 6.45) is 2.59. The van der Waals surface area contributed by atoms with Crippen molar-refractivity contribution in [1.29, 1.82) is 0 Å². The van der Waals surface area contributed by atoms with Crippen LogP contribution >= 0.6 is 0 Å². The number of anilines is 1. The summed E-state index contributed by atoms with van der Waals surface area (Å²) in [6.45, 7) is 9.02. The van der Waals surface area contributed by atoms with Gasteiger partial charge in [0, 0.05) is 18.8 Å². The molecular formula is C14H24N2. The maximum Gasteiger partial charge on any atom is 0.0340 e. The van der Waals surface area contributed by atoms with Gasteiger partial charge in [0.05, 0.1) is 0 Å². The van der Waals surface area contributed by atoms with Crippen LogP contribution in [0, 0.1) is 0 Å². The Kier molecular flexibility index (Phi) is 6.66. The number of para-hydroxylation sites is 1. The average Bonchev–Trinajstić information content (AvgIpc) is 2.35. The molecule has 2 heteroatoms. The van der Waals surface area contributed by atoms with E-state index in [0.717, 1.165) is 19.6 Å². The molecule has 0 heterocycles.